The lowest BCUT2D eigenvalue weighted by atomic mass is 10.0. The predicted molar refractivity (Wildman–Crippen MR) is 151 cm³/mol. The molecule has 1 N–H and O–H groups in total. The minimum absolute atomic E-state index is 0.118. The average Bonchev–Trinajstić information content (AvgIpc) is 3.55. The van der Waals surface area contributed by atoms with Crippen LogP contribution in [0.1, 0.15) is 45.4 Å². The van der Waals surface area contributed by atoms with Gasteiger partial charge in [0.25, 0.3) is 0 Å². The Balaban J connectivity index is 1.03. The second-order valence-electron chi connectivity index (χ2n) is 11.0. The fourth-order valence-electron chi connectivity index (χ4n) is 5.90. The molecule has 7 rings (SSSR count). The van der Waals surface area contributed by atoms with Gasteiger partial charge >= 0.3 is 5.97 Å². The van der Waals surface area contributed by atoms with Gasteiger partial charge in [-0.2, -0.15) is 10.2 Å². The average molecular weight is 569 g/mol. The van der Waals surface area contributed by atoms with Crippen LogP contribution in [-0.4, -0.2) is 69.4 Å². The molecule has 11 heteroatoms. The summed E-state index contributed by atoms with van der Waals surface area (Å²) >= 11 is 0. The molecule has 3 aliphatic rings. The highest BCUT2D eigenvalue weighted by Crippen LogP contribution is 2.37. The number of piperazine rings is 1. The monoisotopic (exact) mass is 568 g/mol. The smallest absolute Gasteiger partial charge is 0.335 e. The number of halogens is 1. The van der Waals surface area contributed by atoms with Crippen LogP contribution in [-0.2, 0) is 24.2 Å². The van der Waals surface area contributed by atoms with Crippen molar-refractivity contribution in [3.8, 4) is 11.9 Å². The van der Waals surface area contributed by atoms with E-state index >= 15 is 0 Å². The number of fused-ring (bicyclic) bond motifs is 2. The first kappa shape index (κ1) is 26.4. The first-order valence-corrected chi connectivity index (χ1v) is 14.1. The van der Waals surface area contributed by atoms with E-state index in [4.69, 9.17) is 24.7 Å². The molecule has 214 valence electrons. The number of benzene rings is 2. The van der Waals surface area contributed by atoms with Crippen LogP contribution in [0.3, 0.4) is 0 Å². The molecule has 0 saturated carbocycles. The number of carbonyl (C=O) groups is 1. The number of nitriles is 1. The first-order valence-electron chi connectivity index (χ1n) is 14.1. The van der Waals surface area contributed by atoms with E-state index < -0.39 is 17.9 Å². The maximum Gasteiger partial charge on any atom is 0.335 e. The molecule has 0 bridgehead atoms. The number of carboxylic acid groups (broad SMARTS) is 1. The minimum atomic E-state index is -0.954. The maximum absolute atomic E-state index is 14.6. The van der Waals surface area contributed by atoms with Gasteiger partial charge in [-0.3, -0.25) is 4.90 Å². The van der Waals surface area contributed by atoms with Crippen molar-refractivity contribution in [1.29, 1.82) is 5.26 Å². The van der Waals surface area contributed by atoms with Crippen molar-refractivity contribution in [3.63, 3.8) is 0 Å². The highest BCUT2D eigenvalue weighted by molar-refractivity contribution is 5.92. The van der Waals surface area contributed by atoms with Gasteiger partial charge in [0.05, 0.1) is 47.4 Å². The number of ether oxygens (including phenoxy) is 2. The number of hydrogen-bond donors (Lipinski definition) is 1. The Morgan fingerprint density at radius 1 is 1.10 bits per heavy atom. The molecule has 3 aliphatic heterocycles. The molecule has 0 radical (unpaired) electrons. The van der Waals surface area contributed by atoms with Crippen molar-refractivity contribution in [2.45, 2.75) is 38.1 Å². The Morgan fingerprint density at radius 3 is 2.64 bits per heavy atom. The van der Waals surface area contributed by atoms with Crippen molar-refractivity contribution in [3.05, 3.63) is 82.4 Å². The van der Waals surface area contributed by atoms with Gasteiger partial charge in [-0.1, -0.05) is 6.07 Å². The van der Waals surface area contributed by atoms with Gasteiger partial charge in [0, 0.05) is 50.3 Å². The molecular weight excluding hydrogens is 539 g/mol. The summed E-state index contributed by atoms with van der Waals surface area (Å²) in [5.41, 5.74) is 3.50. The summed E-state index contributed by atoms with van der Waals surface area (Å²) in [5.74, 6) is 0.854. The lowest BCUT2D eigenvalue weighted by molar-refractivity contribution is -0.0592. The Hall–Kier alpha value is -4.53. The van der Waals surface area contributed by atoms with E-state index in [9.17, 15) is 14.3 Å². The predicted octanol–water partition coefficient (Wildman–Crippen LogP) is 3.93. The summed E-state index contributed by atoms with van der Waals surface area (Å²) in [5, 5.41) is 18.5. The van der Waals surface area contributed by atoms with Crippen LogP contribution in [0, 0.1) is 17.1 Å². The summed E-state index contributed by atoms with van der Waals surface area (Å²) < 4.78 is 28.5. The van der Waals surface area contributed by atoms with Gasteiger partial charge in [-0.25, -0.2) is 14.2 Å². The molecule has 2 aromatic carbocycles. The standard InChI is InChI=1S/C31H29FN6O4/c32-24-13-19(16-33)1-4-23(24)27-15-20-3-6-28(35-30(20)42-27)37-10-8-36(9-11-37)18-29-34-25-5-2-21(31(39)40)14-26(25)38(29)17-22-7-12-41-22/h1-6,13-14,22,27H,7-12,15,17-18H2,(H,39,40)/t22-,27?/m0/s1. The topological polar surface area (TPSA) is 117 Å². The van der Waals surface area contributed by atoms with E-state index in [1.807, 2.05) is 18.2 Å². The molecule has 2 atom stereocenters. The number of anilines is 1. The molecule has 10 nitrogen and oxygen atoms in total. The van der Waals surface area contributed by atoms with E-state index in [-0.39, 0.29) is 17.2 Å². The molecule has 5 heterocycles. The largest absolute Gasteiger partial charge is 0.478 e. The molecule has 2 saturated heterocycles. The van der Waals surface area contributed by atoms with Crippen molar-refractivity contribution < 1.29 is 23.8 Å². The van der Waals surface area contributed by atoms with Gasteiger partial charge < -0.3 is 24.0 Å². The molecule has 0 amide bonds. The molecule has 0 spiro atoms. The highest BCUT2D eigenvalue weighted by Gasteiger charge is 2.30. The van der Waals surface area contributed by atoms with Gasteiger partial charge in [0.1, 0.15) is 23.6 Å². The molecule has 42 heavy (non-hydrogen) atoms. The minimum Gasteiger partial charge on any atom is -0.478 e. The van der Waals surface area contributed by atoms with Crippen molar-refractivity contribution in [2.24, 2.45) is 0 Å². The van der Waals surface area contributed by atoms with Gasteiger partial charge in [0.2, 0.25) is 5.88 Å². The van der Waals surface area contributed by atoms with E-state index in [1.54, 1.807) is 30.3 Å². The Kier molecular flexibility index (Phi) is 6.72. The van der Waals surface area contributed by atoms with Crippen LogP contribution in [0.15, 0.2) is 48.5 Å². The normalized spacial score (nSPS) is 20.1. The number of pyridine rings is 1. The van der Waals surface area contributed by atoms with Gasteiger partial charge in [-0.15, -0.1) is 0 Å². The van der Waals surface area contributed by atoms with Gasteiger partial charge in [0.15, 0.2) is 0 Å². The number of carboxylic acids is 1. The second-order valence-corrected chi connectivity index (χ2v) is 11.0. The quantitative estimate of drug-likeness (QED) is 0.354. The molecule has 1 unspecified atom stereocenters. The third-order valence-corrected chi connectivity index (χ3v) is 8.38. The number of imidazole rings is 1. The first-order chi connectivity index (χ1) is 20.4. The third kappa shape index (κ3) is 4.93. The number of aromatic nitrogens is 3. The van der Waals surface area contributed by atoms with E-state index in [0.717, 1.165) is 67.4 Å². The zero-order valence-corrected chi connectivity index (χ0v) is 22.9. The van der Waals surface area contributed by atoms with Crippen LogP contribution in [0.25, 0.3) is 11.0 Å². The number of aromatic carboxylic acids is 1. The number of rotatable bonds is 7. The summed E-state index contributed by atoms with van der Waals surface area (Å²) in [7, 11) is 0. The van der Waals surface area contributed by atoms with E-state index in [1.165, 1.54) is 6.07 Å². The van der Waals surface area contributed by atoms with Crippen LogP contribution in [0.2, 0.25) is 0 Å². The molecular formula is C31H29FN6O4. The number of hydrogen-bond acceptors (Lipinski definition) is 8. The summed E-state index contributed by atoms with van der Waals surface area (Å²) in [6.07, 6.45) is 1.16. The van der Waals surface area contributed by atoms with Crippen molar-refractivity contribution in [2.75, 3.05) is 37.7 Å². The van der Waals surface area contributed by atoms with Crippen molar-refractivity contribution >= 4 is 22.8 Å². The fraction of sp³-hybridized carbons (Fsp3) is 0.355. The highest BCUT2D eigenvalue weighted by atomic mass is 19.1. The summed E-state index contributed by atoms with van der Waals surface area (Å²) in [6.45, 7) is 5.22. The van der Waals surface area contributed by atoms with Crippen LogP contribution >= 0.6 is 0 Å². The lowest BCUT2D eigenvalue weighted by Crippen LogP contribution is -2.46. The summed E-state index contributed by atoms with van der Waals surface area (Å²) in [6, 6.07) is 15.5. The molecule has 0 aliphatic carbocycles. The Bertz CT molecular complexity index is 1720. The molecule has 4 aromatic rings. The SMILES string of the molecule is N#Cc1ccc(C2Cc3ccc(N4CCN(Cc5nc6ccc(C(=O)O)cc6n5C[C@@H]5CCO5)CC4)nc3O2)c(F)c1. The second kappa shape index (κ2) is 10.7. The Labute approximate surface area is 241 Å². The molecule has 2 fully saturated rings. The van der Waals surface area contributed by atoms with E-state index in [2.05, 4.69) is 14.4 Å². The molecule has 2 aromatic heterocycles. The summed E-state index contributed by atoms with van der Waals surface area (Å²) in [4.78, 5) is 25.8. The van der Waals surface area contributed by atoms with Crippen LogP contribution < -0.4 is 9.64 Å². The Morgan fingerprint density at radius 2 is 1.93 bits per heavy atom. The third-order valence-electron chi connectivity index (χ3n) is 8.38. The lowest BCUT2D eigenvalue weighted by Gasteiger charge is -2.35. The number of nitrogens with zero attached hydrogens (tertiary/aromatic N) is 6. The van der Waals surface area contributed by atoms with Crippen LogP contribution in [0.5, 0.6) is 5.88 Å². The zero-order chi connectivity index (χ0) is 28.8. The zero-order valence-electron chi connectivity index (χ0n) is 22.9. The van der Waals surface area contributed by atoms with Crippen molar-refractivity contribution in [1.82, 2.24) is 19.4 Å². The van der Waals surface area contributed by atoms with Crippen LogP contribution in [0.4, 0.5) is 10.2 Å². The fourth-order valence-corrected chi connectivity index (χ4v) is 5.90. The van der Waals surface area contributed by atoms with E-state index in [0.29, 0.717) is 31.0 Å². The maximum atomic E-state index is 14.6. The van der Waals surface area contributed by atoms with Gasteiger partial charge in [-0.05, 0) is 48.9 Å².